The number of nitrogens with zero attached hydrogens (tertiary/aromatic N) is 2. The first-order chi connectivity index (χ1) is 10.3. The summed E-state index contributed by atoms with van der Waals surface area (Å²) in [5.41, 5.74) is 1.31. The average molecular weight is 289 g/mol. The van der Waals surface area contributed by atoms with Crippen LogP contribution in [0.5, 0.6) is 0 Å². The van der Waals surface area contributed by atoms with E-state index < -0.39 is 0 Å². The molecule has 1 aromatic rings. The molecule has 21 heavy (non-hydrogen) atoms. The summed E-state index contributed by atoms with van der Waals surface area (Å²) in [5.74, 6) is 1.83. The lowest BCUT2D eigenvalue weighted by Crippen LogP contribution is -2.49. The van der Waals surface area contributed by atoms with Crippen molar-refractivity contribution < 1.29 is 4.74 Å². The number of fused-ring (bicyclic) bond motifs is 1. The van der Waals surface area contributed by atoms with Gasteiger partial charge < -0.3 is 15.0 Å². The Hall–Kier alpha value is -1.13. The van der Waals surface area contributed by atoms with Crippen LogP contribution in [-0.4, -0.2) is 36.8 Å². The van der Waals surface area contributed by atoms with Gasteiger partial charge in [0.2, 0.25) is 0 Å². The molecule has 4 heteroatoms. The Morgan fingerprint density at radius 1 is 1.43 bits per heavy atom. The van der Waals surface area contributed by atoms with E-state index in [1.54, 1.807) is 0 Å². The van der Waals surface area contributed by atoms with Crippen LogP contribution >= 0.6 is 0 Å². The van der Waals surface area contributed by atoms with Crippen LogP contribution in [0.25, 0.3) is 0 Å². The number of rotatable bonds is 5. The summed E-state index contributed by atoms with van der Waals surface area (Å²) >= 11 is 0. The number of anilines is 1. The van der Waals surface area contributed by atoms with Crippen LogP contribution in [0.1, 0.15) is 38.7 Å². The van der Waals surface area contributed by atoms with Gasteiger partial charge in [-0.3, -0.25) is 0 Å². The minimum atomic E-state index is 0.414. The molecule has 0 amide bonds. The second-order valence-electron chi connectivity index (χ2n) is 6.61. The zero-order chi connectivity index (χ0) is 14.7. The molecule has 2 aliphatic rings. The van der Waals surface area contributed by atoms with Crippen LogP contribution in [0.4, 0.5) is 5.82 Å². The Balaban J connectivity index is 1.74. The smallest absolute Gasteiger partial charge is 0.133 e. The number of hydrogen-bond acceptors (Lipinski definition) is 4. The van der Waals surface area contributed by atoms with Gasteiger partial charge in [0.05, 0.1) is 18.8 Å². The monoisotopic (exact) mass is 289 g/mol. The molecule has 0 aromatic carbocycles. The largest absolute Gasteiger partial charge is 0.374 e. The van der Waals surface area contributed by atoms with Crippen molar-refractivity contribution in [2.45, 2.75) is 51.8 Å². The van der Waals surface area contributed by atoms with Crippen LogP contribution in [0, 0.1) is 5.92 Å². The van der Waals surface area contributed by atoms with E-state index >= 15 is 0 Å². The van der Waals surface area contributed by atoms with Crippen molar-refractivity contribution in [3.63, 3.8) is 0 Å². The molecule has 1 aromatic heterocycles. The van der Waals surface area contributed by atoms with E-state index in [1.807, 2.05) is 12.3 Å². The molecule has 2 fully saturated rings. The Labute approximate surface area is 127 Å². The molecule has 4 nitrogen and oxygen atoms in total. The van der Waals surface area contributed by atoms with Crippen LogP contribution < -0.4 is 10.2 Å². The van der Waals surface area contributed by atoms with Crippen LogP contribution in [0.3, 0.4) is 0 Å². The number of ether oxygens (including phenoxy) is 1. The van der Waals surface area contributed by atoms with E-state index in [2.05, 4.69) is 30.1 Å². The van der Waals surface area contributed by atoms with E-state index in [0.29, 0.717) is 18.1 Å². The zero-order valence-electron chi connectivity index (χ0n) is 13.2. The van der Waals surface area contributed by atoms with Crippen LogP contribution in [0.2, 0.25) is 0 Å². The summed E-state index contributed by atoms with van der Waals surface area (Å²) in [6, 6.07) is 4.77. The number of aromatic nitrogens is 1. The molecule has 2 heterocycles. The minimum Gasteiger partial charge on any atom is -0.374 e. The minimum absolute atomic E-state index is 0.414. The predicted molar refractivity (Wildman–Crippen MR) is 85.5 cm³/mol. The lowest BCUT2D eigenvalue weighted by molar-refractivity contribution is 0.0252. The first-order valence-electron chi connectivity index (χ1n) is 8.28. The third kappa shape index (κ3) is 3.38. The van der Waals surface area contributed by atoms with E-state index in [4.69, 9.17) is 9.72 Å². The fourth-order valence-corrected chi connectivity index (χ4v) is 3.51. The number of hydrogen-bond donors (Lipinski definition) is 1. The van der Waals surface area contributed by atoms with Crippen LogP contribution in [-0.2, 0) is 11.3 Å². The Kier molecular flexibility index (Phi) is 4.76. The standard InChI is InChI=1S/C17H27N3O/c1-13(2)11-18-12-14-5-4-8-19-17(14)20-9-10-21-16-7-3-6-15(16)20/h4-5,8,13,15-16,18H,3,6-7,9-12H2,1-2H3. The highest BCUT2D eigenvalue weighted by Crippen LogP contribution is 2.33. The van der Waals surface area contributed by atoms with Gasteiger partial charge >= 0.3 is 0 Å². The van der Waals surface area contributed by atoms with Gasteiger partial charge in [-0.05, 0) is 37.8 Å². The van der Waals surface area contributed by atoms with Crippen molar-refractivity contribution >= 4 is 5.82 Å². The zero-order valence-corrected chi connectivity index (χ0v) is 13.2. The number of pyridine rings is 1. The molecule has 2 atom stereocenters. The van der Waals surface area contributed by atoms with Gasteiger partial charge in [0.1, 0.15) is 5.82 Å². The van der Waals surface area contributed by atoms with Gasteiger partial charge in [-0.2, -0.15) is 0 Å². The van der Waals surface area contributed by atoms with Gasteiger partial charge in [-0.1, -0.05) is 19.9 Å². The average Bonchev–Trinajstić information content (AvgIpc) is 2.96. The molecule has 0 bridgehead atoms. The third-order valence-electron chi connectivity index (χ3n) is 4.49. The number of morpholine rings is 1. The summed E-state index contributed by atoms with van der Waals surface area (Å²) in [5, 5.41) is 3.54. The van der Waals surface area contributed by atoms with Crippen molar-refractivity contribution in [3.8, 4) is 0 Å². The molecular formula is C17H27N3O. The molecule has 0 radical (unpaired) electrons. The molecule has 2 unspecified atom stereocenters. The second-order valence-corrected chi connectivity index (χ2v) is 6.61. The fourth-order valence-electron chi connectivity index (χ4n) is 3.51. The Morgan fingerprint density at radius 2 is 2.33 bits per heavy atom. The maximum atomic E-state index is 5.92. The quantitative estimate of drug-likeness (QED) is 0.904. The van der Waals surface area contributed by atoms with E-state index in [0.717, 1.165) is 32.1 Å². The SMILES string of the molecule is CC(C)CNCc1cccnc1N1CCOC2CCCC21. The maximum absolute atomic E-state index is 5.92. The fraction of sp³-hybridized carbons (Fsp3) is 0.706. The van der Waals surface area contributed by atoms with Gasteiger partial charge in [0.25, 0.3) is 0 Å². The van der Waals surface area contributed by atoms with E-state index in [9.17, 15) is 0 Å². The summed E-state index contributed by atoms with van der Waals surface area (Å²) in [6.07, 6.45) is 6.05. The molecule has 116 valence electrons. The number of nitrogens with one attached hydrogen (secondary N) is 1. The van der Waals surface area contributed by atoms with Gasteiger partial charge in [-0.25, -0.2) is 4.98 Å². The van der Waals surface area contributed by atoms with Crippen molar-refractivity contribution in [3.05, 3.63) is 23.9 Å². The molecule has 1 saturated carbocycles. The summed E-state index contributed by atoms with van der Waals surface area (Å²) in [6.45, 7) is 8.22. The molecular weight excluding hydrogens is 262 g/mol. The molecule has 3 rings (SSSR count). The first-order valence-corrected chi connectivity index (χ1v) is 8.28. The highest BCUT2D eigenvalue weighted by Gasteiger charge is 2.37. The predicted octanol–water partition coefficient (Wildman–Crippen LogP) is 2.58. The van der Waals surface area contributed by atoms with Crippen molar-refractivity contribution in [2.24, 2.45) is 5.92 Å². The second kappa shape index (κ2) is 6.75. The lowest BCUT2D eigenvalue weighted by atomic mass is 10.1. The normalized spacial score (nSPS) is 25.4. The van der Waals surface area contributed by atoms with Crippen molar-refractivity contribution in [1.29, 1.82) is 0 Å². The Morgan fingerprint density at radius 3 is 3.19 bits per heavy atom. The molecule has 1 saturated heterocycles. The van der Waals surface area contributed by atoms with E-state index in [-0.39, 0.29) is 0 Å². The molecule has 0 spiro atoms. The van der Waals surface area contributed by atoms with E-state index in [1.165, 1.54) is 24.8 Å². The summed E-state index contributed by atoms with van der Waals surface area (Å²) in [7, 11) is 0. The molecule has 1 aliphatic heterocycles. The van der Waals surface area contributed by atoms with Gasteiger partial charge in [-0.15, -0.1) is 0 Å². The maximum Gasteiger partial charge on any atom is 0.133 e. The van der Waals surface area contributed by atoms with Crippen molar-refractivity contribution in [1.82, 2.24) is 10.3 Å². The topological polar surface area (TPSA) is 37.4 Å². The van der Waals surface area contributed by atoms with Crippen molar-refractivity contribution in [2.75, 3.05) is 24.6 Å². The third-order valence-corrected chi connectivity index (χ3v) is 4.49. The highest BCUT2D eigenvalue weighted by molar-refractivity contribution is 5.48. The molecule has 1 N–H and O–H groups in total. The van der Waals surface area contributed by atoms with Gasteiger partial charge in [0, 0.05) is 24.8 Å². The van der Waals surface area contributed by atoms with Crippen LogP contribution in [0.15, 0.2) is 18.3 Å². The summed E-state index contributed by atoms with van der Waals surface area (Å²) in [4.78, 5) is 7.18. The van der Waals surface area contributed by atoms with Gasteiger partial charge in [0.15, 0.2) is 0 Å². The Bertz CT molecular complexity index is 463. The lowest BCUT2D eigenvalue weighted by Gasteiger charge is -2.39. The first kappa shape index (κ1) is 14.8. The molecule has 1 aliphatic carbocycles. The highest BCUT2D eigenvalue weighted by atomic mass is 16.5. The summed E-state index contributed by atoms with van der Waals surface area (Å²) < 4.78 is 5.92.